The molecule has 1 aromatic rings. The van der Waals surface area contributed by atoms with Crippen molar-refractivity contribution in [2.24, 2.45) is 0 Å². The average Bonchev–Trinajstić information content (AvgIpc) is 2.42. The van der Waals surface area contributed by atoms with Gasteiger partial charge >= 0.3 is 0 Å². The molecule has 1 atom stereocenters. The molecular formula is C13H15I2N3O. The number of phenolic OH excluding ortho intramolecular Hbond substituents is 1. The normalized spacial score (nSPS) is 17.9. The summed E-state index contributed by atoms with van der Waals surface area (Å²) in [4.78, 5) is 2.35. The van der Waals surface area contributed by atoms with Crippen LogP contribution in [0.2, 0.25) is 0 Å². The lowest BCUT2D eigenvalue weighted by atomic mass is 10.0. The highest BCUT2D eigenvalue weighted by molar-refractivity contribution is 14.1. The highest BCUT2D eigenvalue weighted by Gasteiger charge is 2.23. The standard InChI is InChI=1S/C13H15I2N3O/c14-10-7-9(8-11(15)13(10)19)12(1-2-16)18-5-3-17-4-6-18/h7-8,12,17,19H,1,3-6H2/t12-/m0/s1. The maximum atomic E-state index is 9.85. The summed E-state index contributed by atoms with van der Waals surface area (Å²) in [5.41, 5.74) is 1.12. The van der Waals surface area contributed by atoms with Crippen molar-refractivity contribution < 1.29 is 5.11 Å². The van der Waals surface area contributed by atoms with Gasteiger partial charge in [-0.05, 0) is 62.9 Å². The Morgan fingerprint density at radius 2 is 1.89 bits per heavy atom. The second-order valence-electron chi connectivity index (χ2n) is 4.50. The molecule has 1 heterocycles. The lowest BCUT2D eigenvalue weighted by Crippen LogP contribution is -2.45. The Morgan fingerprint density at radius 1 is 1.32 bits per heavy atom. The van der Waals surface area contributed by atoms with Gasteiger partial charge in [-0.2, -0.15) is 5.26 Å². The van der Waals surface area contributed by atoms with Crippen LogP contribution in [-0.4, -0.2) is 36.2 Å². The van der Waals surface area contributed by atoms with Crippen molar-refractivity contribution in [1.29, 1.82) is 5.26 Å². The first-order valence-electron chi connectivity index (χ1n) is 6.13. The van der Waals surface area contributed by atoms with E-state index in [4.69, 9.17) is 5.26 Å². The summed E-state index contributed by atoms with van der Waals surface area (Å²) in [7, 11) is 0. The zero-order chi connectivity index (χ0) is 13.8. The molecule has 6 heteroatoms. The van der Waals surface area contributed by atoms with Gasteiger partial charge in [-0.25, -0.2) is 0 Å². The van der Waals surface area contributed by atoms with E-state index in [0.29, 0.717) is 12.2 Å². The van der Waals surface area contributed by atoms with Gasteiger partial charge in [-0.1, -0.05) is 0 Å². The van der Waals surface area contributed by atoms with Crippen LogP contribution >= 0.6 is 45.2 Å². The number of phenols is 1. The van der Waals surface area contributed by atoms with Crippen molar-refractivity contribution >= 4 is 45.2 Å². The summed E-state index contributed by atoms with van der Waals surface area (Å²) < 4.78 is 1.69. The summed E-state index contributed by atoms with van der Waals surface area (Å²) in [6.45, 7) is 3.85. The van der Waals surface area contributed by atoms with E-state index in [1.165, 1.54) is 0 Å². The second kappa shape index (κ2) is 7.06. The molecule has 0 spiro atoms. The van der Waals surface area contributed by atoms with Crippen LogP contribution < -0.4 is 5.32 Å². The van der Waals surface area contributed by atoms with Crippen molar-refractivity contribution in [3.8, 4) is 11.8 Å². The Balaban J connectivity index is 2.30. The Labute approximate surface area is 140 Å². The Morgan fingerprint density at radius 3 is 2.42 bits per heavy atom. The molecule has 2 N–H and O–H groups in total. The molecule has 4 nitrogen and oxygen atoms in total. The Kier molecular flexibility index (Phi) is 5.68. The predicted molar refractivity (Wildman–Crippen MR) is 91.0 cm³/mol. The Bertz CT molecular complexity index is 472. The topological polar surface area (TPSA) is 59.3 Å². The fourth-order valence-electron chi connectivity index (χ4n) is 2.32. The fraction of sp³-hybridized carbons (Fsp3) is 0.462. The van der Waals surface area contributed by atoms with E-state index in [0.717, 1.165) is 38.9 Å². The van der Waals surface area contributed by atoms with Crippen LogP contribution in [0.4, 0.5) is 0 Å². The first-order chi connectivity index (χ1) is 9.13. The van der Waals surface area contributed by atoms with Crippen molar-refractivity contribution in [3.63, 3.8) is 0 Å². The summed E-state index contributed by atoms with van der Waals surface area (Å²) in [5, 5.41) is 22.3. The van der Waals surface area contributed by atoms with Crippen molar-refractivity contribution in [1.82, 2.24) is 10.2 Å². The molecule has 1 aliphatic heterocycles. The molecular weight excluding hydrogens is 468 g/mol. The number of aromatic hydroxyl groups is 1. The number of nitrogens with zero attached hydrogens (tertiary/aromatic N) is 2. The summed E-state index contributed by atoms with van der Waals surface area (Å²) in [6.07, 6.45) is 0.483. The van der Waals surface area contributed by atoms with E-state index >= 15 is 0 Å². The van der Waals surface area contributed by atoms with E-state index < -0.39 is 0 Å². The van der Waals surface area contributed by atoms with Gasteiger partial charge < -0.3 is 10.4 Å². The molecule has 102 valence electrons. The number of halogens is 2. The van der Waals surface area contributed by atoms with Crippen molar-refractivity contribution in [2.75, 3.05) is 26.2 Å². The Hall–Kier alpha value is -0.110. The molecule has 1 saturated heterocycles. The molecule has 0 amide bonds. The third-order valence-corrected chi connectivity index (χ3v) is 4.95. The minimum absolute atomic E-state index is 0.120. The number of nitrogens with one attached hydrogen (secondary N) is 1. The first kappa shape index (κ1) is 15.3. The van der Waals surface area contributed by atoms with E-state index in [2.05, 4.69) is 61.5 Å². The smallest absolute Gasteiger partial charge is 0.142 e. The van der Waals surface area contributed by atoms with Gasteiger partial charge in [0.25, 0.3) is 0 Å². The van der Waals surface area contributed by atoms with Crippen molar-refractivity contribution in [2.45, 2.75) is 12.5 Å². The third-order valence-electron chi connectivity index (χ3n) is 3.30. The van der Waals surface area contributed by atoms with Gasteiger partial charge in [-0.3, -0.25) is 4.90 Å². The second-order valence-corrected chi connectivity index (χ2v) is 6.82. The van der Waals surface area contributed by atoms with Crippen LogP contribution in [0.1, 0.15) is 18.0 Å². The fourth-order valence-corrected chi connectivity index (χ4v) is 4.13. The quantitative estimate of drug-likeness (QED) is 0.650. The van der Waals surface area contributed by atoms with Crippen molar-refractivity contribution in [3.05, 3.63) is 24.8 Å². The van der Waals surface area contributed by atoms with Crippen LogP contribution in [0.15, 0.2) is 12.1 Å². The number of hydrogen-bond donors (Lipinski definition) is 2. The average molecular weight is 483 g/mol. The van der Waals surface area contributed by atoms with Gasteiger partial charge in [0.15, 0.2) is 0 Å². The predicted octanol–water partition coefficient (Wildman–Crippen LogP) is 2.46. The molecule has 1 aromatic carbocycles. The number of piperazine rings is 1. The number of benzene rings is 1. The molecule has 0 aromatic heterocycles. The maximum Gasteiger partial charge on any atom is 0.142 e. The zero-order valence-corrected chi connectivity index (χ0v) is 14.7. The van der Waals surface area contributed by atoms with Gasteiger partial charge in [0.1, 0.15) is 5.75 Å². The molecule has 0 radical (unpaired) electrons. The van der Waals surface area contributed by atoms with Crippen LogP contribution in [-0.2, 0) is 0 Å². The van der Waals surface area contributed by atoms with Gasteiger partial charge in [0.05, 0.1) is 19.6 Å². The van der Waals surface area contributed by atoms with E-state index in [1.807, 2.05) is 12.1 Å². The molecule has 0 aliphatic carbocycles. The summed E-state index contributed by atoms with van der Waals surface area (Å²) >= 11 is 4.28. The summed E-state index contributed by atoms with van der Waals surface area (Å²) in [5.74, 6) is 0.334. The highest BCUT2D eigenvalue weighted by atomic mass is 127. The van der Waals surface area contributed by atoms with E-state index in [1.54, 1.807) is 0 Å². The lowest BCUT2D eigenvalue weighted by molar-refractivity contribution is 0.175. The summed E-state index contributed by atoms with van der Waals surface area (Å²) in [6, 6.07) is 6.38. The van der Waals surface area contributed by atoms with Gasteiger partial charge in [0.2, 0.25) is 0 Å². The van der Waals surface area contributed by atoms with Crippen LogP contribution in [0, 0.1) is 18.5 Å². The molecule has 19 heavy (non-hydrogen) atoms. The largest absolute Gasteiger partial charge is 0.506 e. The maximum absolute atomic E-state index is 9.85. The molecule has 0 saturated carbocycles. The third kappa shape index (κ3) is 3.71. The van der Waals surface area contributed by atoms with E-state index in [-0.39, 0.29) is 6.04 Å². The molecule has 0 bridgehead atoms. The SMILES string of the molecule is N#CC[C@@H](c1cc(I)c(O)c(I)c1)N1CCNCC1. The number of rotatable bonds is 3. The number of hydrogen-bond acceptors (Lipinski definition) is 4. The zero-order valence-electron chi connectivity index (χ0n) is 10.4. The minimum Gasteiger partial charge on any atom is -0.506 e. The molecule has 1 aliphatic rings. The lowest BCUT2D eigenvalue weighted by Gasteiger charge is -2.34. The van der Waals surface area contributed by atoms with E-state index in [9.17, 15) is 5.11 Å². The van der Waals surface area contributed by atoms with Gasteiger partial charge in [0, 0.05) is 32.2 Å². The monoisotopic (exact) mass is 483 g/mol. The van der Waals surface area contributed by atoms with Crippen LogP contribution in [0.25, 0.3) is 0 Å². The van der Waals surface area contributed by atoms with Crippen LogP contribution in [0.5, 0.6) is 5.75 Å². The highest BCUT2D eigenvalue weighted by Crippen LogP contribution is 2.33. The minimum atomic E-state index is 0.120. The molecule has 0 unspecified atom stereocenters. The number of nitriles is 1. The first-order valence-corrected chi connectivity index (χ1v) is 8.29. The molecule has 2 rings (SSSR count). The van der Waals surface area contributed by atoms with Gasteiger partial charge in [-0.15, -0.1) is 0 Å². The van der Waals surface area contributed by atoms with Crippen LogP contribution in [0.3, 0.4) is 0 Å². The molecule has 1 fully saturated rings.